The first-order chi connectivity index (χ1) is 26.7. The fourth-order valence-electron chi connectivity index (χ4n) is 5.72. The number of benzene rings is 1. The minimum absolute atomic E-state index is 0.0310. The third-order valence-corrected chi connectivity index (χ3v) is 8.75. The van der Waals surface area contributed by atoms with Gasteiger partial charge in [0.1, 0.15) is 18.1 Å². The zero-order valence-electron chi connectivity index (χ0n) is 32.2. The van der Waals surface area contributed by atoms with E-state index in [2.05, 4.69) is 16.0 Å². The zero-order valence-corrected chi connectivity index (χ0v) is 32.2. The number of amides is 2. The summed E-state index contributed by atoms with van der Waals surface area (Å²) in [7, 11) is 1.74. The van der Waals surface area contributed by atoms with Crippen LogP contribution in [0.2, 0.25) is 0 Å². The van der Waals surface area contributed by atoms with Gasteiger partial charge in [0.2, 0.25) is 5.91 Å². The van der Waals surface area contributed by atoms with Gasteiger partial charge in [-0.1, -0.05) is 0 Å². The normalized spacial score (nSPS) is 15.8. The first-order valence-electron chi connectivity index (χ1n) is 18.6. The number of nitrogens with zero attached hydrogens (tertiary/aromatic N) is 4. The molecule has 0 unspecified atom stereocenters. The van der Waals surface area contributed by atoms with E-state index in [0.29, 0.717) is 31.6 Å². The number of likely N-dealkylation sites (N-methyl/N-ethyl adjacent to an activating group) is 1. The summed E-state index contributed by atoms with van der Waals surface area (Å²) in [5.41, 5.74) is 0.388. The average Bonchev–Trinajstić information content (AvgIpc) is 3.13. The first-order valence-corrected chi connectivity index (χ1v) is 18.6. The van der Waals surface area contributed by atoms with E-state index in [0.717, 1.165) is 12.8 Å². The Morgan fingerprint density at radius 1 is 0.661 bits per heavy atom. The van der Waals surface area contributed by atoms with Gasteiger partial charge in [0.25, 0.3) is 5.91 Å². The summed E-state index contributed by atoms with van der Waals surface area (Å²) in [6.07, 6.45) is 1.23. The zero-order chi connectivity index (χ0) is 41.3. The first kappa shape index (κ1) is 47.4. The number of carboxylic acid groups (broad SMARTS) is 3. The standard InChI is InChI=1S/C36H57N7O13/c1-27(44)30(37-2)5-3-4-10-39-35(52)28-6-8-29(9-7-28)56-36(53)55-22-21-54-20-11-38-31(45)23-40-12-14-41(24-32(46)47)16-18-43(26-34(50)51)19-17-42(15-13-40)25-33(48)49/h6-9,30,37H,3-5,10-26H2,1-2H3,(H,38,45)(H,39,52)(H,46,47)(H,48,49)(H,50,51)/t30-/m0/s1. The van der Waals surface area contributed by atoms with Gasteiger partial charge in [-0.25, -0.2) is 4.79 Å². The van der Waals surface area contributed by atoms with E-state index in [1.165, 1.54) is 24.3 Å². The number of hydrogen-bond acceptors (Lipinski definition) is 15. The van der Waals surface area contributed by atoms with E-state index in [1.54, 1.807) is 33.6 Å². The molecule has 1 saturated heterocycles. The second kappa shape index (κ2) is 27.0. The molecule has 2 amide bonds. The van der Waals surface area contributed by atoms with Crippen LogP contribution in [0.1, 0.15) is 36.5 Å². The molecule has 1 fully saturated rings. The fraction of sp³-hybridized carbons (Fsp3) is 0.639. The number of carbonyl (C=O) groups excluding carboxylic acids is 4. The smallest absolute Gasteiger partial charge is 0.480 e. The summed E-state index contributed by atoms with van der Waals surface area (Å²) in [6, 6.07) is 5.78. The maximum Gasteiger partial charge on any atom is 0.513 e. The van der Waals surface area contributed by atoms with Crippen molar-refractivity contribution in [2.45, 2.75) is 32.2 Å². The molecule has 0 radical (unpaired) electrons. The number of hydrogen-bond donors (Lipinski definition) is 6. The van der Waals surface area contributed by atoms with Crippen molar-refractivity contribution < 1.29 is 63.1 Å². The van der Waals surface area contributed by atoms with Crippen molar-refractivity contribution in [3.8, 4) is 5.75 Å². The van der Waals surface area contributed by atoms with E-state index in [9.17, 15) is 48.9 Å². The lowest BCUT2D eigenvalue weighted by atomic mass is 10.1. The highest BCUT2D eigenvalue weighted by Gasteiger charge is 2.21. The van der Waals surface area contributed by atoms with Crippen molar-refractivity contribution in [3.05, 3.63) is 29.8 Å². The Morgan fingerprint density at radius 2 is 1.16 bits per heavy atom. The van der Waals surface area contributed by atoms with Crippen molar-refractivity contribution in [1.29, 1.82) is 0 Å². The summed E-state index contributed by atoms with van der Waals surface area (Å²) in [4.78, 5) is 89.8. The second-order valence-corrected chi connectivity index (χ2v) is 13.2. The van der Waals surface area contributed by atoms with Crippen LogP contribution in [0.4, 0.5) is 4.79 Å². The molecule has 2 rings (SSSR count). The Kier molecular flexibility index (Phi) is 22.8. The van der Waals surface area contributed by atoms with Crippen LogP contribution in [0.5, 0.6) is 5.75 Å². The lowest BCUT2D eigenvalue weighted by Gasteiger charge is -2.32. The fourth-order valence-corrected chi connectivity index (χ4v) is 5.72. The summed E-state index contributed by atoms with van der Waals surface area (Å²) < 4.78 is 15.6. The number of rotatable bonds is 23. The minimum Gasteiger partial charge on any atom is -0.480 e. The van der Waals surface area contributed by atoms with E-state index < -0.39 is 24.1 Å². The van der Waals surface area contributed by atoms with Crippen molar-refractivity contribution >= 4 is 41.7 Å². The molecular weight excluding hydrogens is 738 g/mol. The highest BCUT2D eigenvalue weighted by molar-refractivity contribution is 5.94. The molecule has 0 aliphatic carbocycles. The second-order valence-electron chi connectivity index (χ2n) is 13.2. The number of Topliss-reactive ketones (excluding diaryl/α,β-unsaturated/α-hetero) is 1. The molecule has 1 aliphatic heterocycles. The lowest BCUT2D eigenvalue weighted by Crippen LogP contribution is -2.50. The van der Waals surface area contributed by atoms with Gasteiger partial charge in [0.15, 0.2) is 0 Å². The van der Waals surface area contributed by atoms with Gasteiger partial charge in [-0.05, 0) is 57.5 Å². The topological polar surface area (TPSA) is 257 Å². The predicted octanol–water partition coefficient (Wildman–Crippen LogP) is -1.11. The molecule has 1 aliphatic rings. The van der Waals surface area contributed by atoms with Gasteiger partial charge < -0.3 is 45.5 Å². The van der Waals surface area contributed by atoms with Crippen LogP contribution in [-0.4, -0.2) is 201 Å². The number of ether oxygens (including phenoxy) is 3. The largest absolute Gasteiger partial charge is 0.513 e. The third kappa shape index (κ3) is 21.4. The molecule has 1 atom stereocenters. The molecule has 6 N–H and O–H groups in total. The molecule has 1 heterocycles. The maximum absolute atomic E-state index is 12.8. The number of carboxylic acids is 3. The molecule has 0 aromatic heterocycles. The van der Waals surface area contributed by atoms with E-state index >= 15 is 0 Å². The highest BCUT2D eigenvalue weighted by atomic mass is 16.7. The van der Waals surface area contributed by atoms with Gasteiger partial charge in [0, 0.05) is 71.0 Å². The van der Waals surface area contributed by atoms with Crippen molar-refractivity contribution in [1.82, 2.24) is 35.6 Å². The Bertz CT molecular complexity index is 1380. The Balaban J connectivity index is 1.70. The van der Waals surface area contributed by atoms with Gasteiger partial charge in [0.05, 0.1) is 45.4 Å². The van der Waals surface area contributed by atoms with Crippen molar-refractivity contribution in [2.75, 3.05) is 118 Å². The summed E-state index contributed by atoms with van der Waals surface area (Å²) in [5, 5.41) is 36.6. The quantitative estimate of drug-likeness (QED) is 0.0436. The SMILES string of the molecule is CN[C@@H](CCCCNC(=O)c1ccc(OC(=O)OCCOCCNC(=O)CN2CCN(CC(=O)O)CCN(CC(=O)O)CCN(CC(=O)O)CC2)cc1)C(C)=O. The van der Waals surface area contributed by atoms with Crippen LogP contribution in [0.25, 0.3) is 0 Å². The monoisotopic (exact) mass is 795 g/mol. The van der Waals surface area contributed by atoms with Crippen molar-refractivity contribution in [3.63, 3.8) is 0 Å². The highest BCUT2D eigenvalue weighted by Crippen LogP contribution is 2.13. The van der Waals surface area contributed by atoms with Gasteiger partial charge >= 0.3 is 24.1 Å². The van der Waals surface area contributed by atoms with Gasteiger partial charge in [-0.3, -0.25) is 48.4 Å². The van der Waals surface area contributed by atoms with Crippen molar-refractivity contribution in [2.24, 2.45) is 0 Å². The number of nitrogens with one attached hydrogen (secondary N) is 3. The predicted molar refractivity (Wildman–Crippen MR) is 201 cm³/mol. The molecule has 1 aromatic rings. The van der Waals surface area contributed by atoms with E-state index in [4.69, 9.17) is 14.2 Å². The van der Waals surface area contributed by atoms with Crippen LogP contribution in [0, 0.1) is 0 Å². The van der Waals surface area contributed by atoms with E-state index in [-0.39, 0.29) is 121 Å². The number of ketones is 1. The number of carbonyl (C=O) groups is 7. The molecule has 20 heteroatoms. The van der Waals surface area contributed by atoms with Gasteiger partial charge in [-0.2, -0.15) is 0 Å². The molecule has 1 aromatic carbocycles. The Labute approximate surface area is 326 Å². The minimum atomic E-state index is -1.04. The van der Waals surface area contributed by atoms with Gasteiger partial charge in [-0.15, -0.1) is 0 Å². The molecule has 0 saturated carbocycles. The van der Waals surface area contributed by atoms with Crippen LogP contribution in [0.15, 0.2) is 24.3 Å². The lowest BCUT2D eigenvalue weighted by molar-refractivity contribution is -0.140. The summed E-state index contributed by atoms with van der Waals surface area (Å²) in [6.45, 7) is 3.66. The van der Waals surface area contributed by atoms with Crippen LogP contribution in [0.3, 0.4) is 0 Å². The van der Waals surface area contributed by atoms with Crippen LogP contribution in [-0.2, 0) is 33.4 Å². The Hall–Kier alpha value is -4.73. The van der Waals surface area contributed by atoms with E-state index in [1.807, 2.05) is 0 Å². The average molecular weight is 796 g/mol. The number of aliphatic carboxylic acids is 3. The number of unbranched alkanes of at least 4 members (excludes halogenated alkanes) is 1. The third-order valence-electron chi connectivity index (χ3n) is 8.75. The molecular formula is C36H57N7O13. The van der Waals surface area contributed by atoms with Crippen LogP contribution >= 0.6 is 0 Å². The summed E-state index contributed by atoms with van der Waals surface area (Å²) >= 11 is 0. The molecule has 0 bridgehead atoms. The molecule has 20 nitrogen and oxygen atoms in total. The van der Waals surface area contributed by atoms with Crippen LogP contribution < -0.4 is 20.7 Å². The molecule has 0 spiro atoms. The molecule has 56 heavy (non-hydrogen) atoms. The summed E-state index contributed by atoms with van der Waals surface area (Å²) in [5.74, 6) is -3.46. The Morgan fingerprint density at radius 3 is 1.62 bits per heavy atom. The molecule has 314 valence electrons. The maximum atomic E-state index is 12.8.